The quantitative estimate of drug-likeness (QED) is 0.180. The Hall–Kier alpha value is -2.59. The summed E-state index contributed by atoms with van der Waals surface area (Å²) < 4.78 is 6.68. The van der Waals surface area contributed by atoms with Gasteiger partial charge in [-0.05, 0) is 0 Å². The van der Waals surface area contributed by atoms with Crippen LogP contribution in [0.15, 0.2) is 146 Å². The van der Waals surface area contributed by atoms with E-state index in [1.165, 1.54) is 114 Å². The molecule has 50 heavy (non-hydrogen) atoms. The van der Waals surface area contributed by atoms with Crippen LogP contribution in [0.1, 0.15) is 49.9 Å². The van der Waals surface area contributed by atoms with Gasteiger partial charge >= 0.3 is 56.9 Å². The van der Waals surface area contributed by atoms with Crippen molar-refractivity contribution in [1.29, 1.82) is 0 Å². The van der Waals surface area contributed by atoms with Gasteiger partial charge in [0.05, 0.1) is 0 Å². The molecule has 8 rings (SSSR count). The SMILES string of the molecule is CCc1c[cH-]c2ccccc12.CCc1c[cH-]c2ccccc12.CCc1c[cH-]c2ccccc12.CCc1c[cH-]c2ccccc12.[CH2]=[Zr+2].[CH2]=[Zr+2].[Cl-].[Cl-]. The molecule has 0 fully saturated rings. The first-order chi connectivity index (χ1) is 23.7. The number of benzene rings is 4. The predicted octanol–water partition coefficient (Wildman–Crippen LogP) is 6.42. The summed E-state index contributed by atoms with van der Waals surface area (Å²) in [5.41, 5.74) is 5.84. The number of aryl methyl sites for hydroxylation is 4. The summed E-state index contributed by atoms with van der Waals surface area (Å²) in [4.78, 5) is 0. The Kier molecular flexibility index (Phi) is 23.1. The van der Waals surface area contributed by atoms with Crippen LogP contribution in [0.5, 0.6) is 0 Å². The van der Waals surface area contributed by atoms with Crippen LogP contribution in [0.3, 0.4) is 0 Å². The monoisotopic (exact) mass is 850 g/mol. The normalized spacial score (nSPS) is 9.60. The molecular weight excluding hydrogens is 806 g/mol. The van der Waals surface area contributed by atoms with Gasteiger partial charge in [0, 0.05) is 0 Å². The van der Waals surface area contributed by atoms with Crippen molar-refractivity contribution in [3.63, 3.8) is 0 Å². The Morgan fingerprint density at radius 1 is 0.360 bits per heavy atom. The van der Waals surface area contributed by atoms with Gasteiger partial charge in [-0.3, -0.25) is 0 Å². The first kappa shape index (κ1) is 45.4. The average Bonchev–Trinajstić information content (AvgIpc) is 3.98. The van der Waals surface area contributed by atoms with Crippen LogP contribution in [0.4, 0.5) is 0 Å². The van der Waals surface area contributed by atoms with E-state index >= 15 is 0 Å². The molecule has 0 spiro atoms. The molecule has 0 amide bonds. The Morgan fingerprint density at radius 3 is 0.720 bits per heavy atom. The number of fused-ring (bicyclic) bond motifs is 4. The van der Waals surface area contributed by atoms with Crippen LogP contribution < -0.4 is 24.8 Å². The molecule has 0 nitrogen and oxygen atoms in total. The van der Waals surface area contributed by atoms with E-state index in [-0.39, 0.29) is 24.8 Å². The molecule has 0 aromatic heterocycles. The van der Waals surface area contributed by atoms with Crippen LogP contribution in [0.2, 0.25) is 0 Å². The van der Waals surface area contributed by atoms with Crippen molar-refractivity contribution in [2.45, 2.75) is 53.4 Å². The standard InChI is InChI=1S/4C11H11.2CH2.2ClH.2Zr/c4*1-2-9-7-8-10-5-3-4-6-11(9)10;;;;;;/h4*3-8H,2H2,1H3;2*1H2;2*1H;;/q4*-1;;;;;2*+2/p-2. The summed E-state index contributed by atoms with van der Waals surface area (Å²) in [6, 6.07) is 51.7. The van der Waals surface area contributed by atoms with E-state index in [9.17, 15) is 0 Å². The summed E-state index contributed by atoms with van der Waals surface area (Å²) in [5.74, 6) is 0. The second kappa shape index (κ2) is 25.4. The van der Waals surface area contributed by atoms with Crippen LogP contribution in [-0.4, -0.2) is 8.42 Å². The number of hydrogen-bond donors (Lipinski definition) is 0. The minimum atomic E-state index is 0. The van der Waals surface area contributed by atoms with E-state index in [0.29, 0.717) is 0 Å². The molecule has 0 saturated heterocycles. The number of halogens is 2. The van der Waals surface area contributed by atoms with E-state index in [4.69, 9.17) is 0 Å². The molecule has 0 radical (unpaired) electrons. The largest absolute Gasteiger partial charge is 1.00 e. The van der Waals surface area contributed by atoms with Gasteiger partial charge in [0.15, 0.2) is 0 Å². The predicted molar refractivity (Wildman–Crippen MR) is 210 cm³/mol. The van der Waals surface area contributed by atoms with Crippen LogP contribution >= 0.6 is 0 Å². The van der Waals surface area contributed by atoms with Gasteiger partial charge < -0.3 is 24.8 Å². The molecule has 0 aliphatic heterocycles. The number of rotatable bonds is 4. The minimum absolute atomic E-state index is 0. The second-order valence-corrected chi connectivity index (χ2v) is 11.2. The summed E-state index contributed by atoms with van der Waals surface area (Å²) in [6.07, 6.45) is 4.53. The van der Waals surface area contributed by atoms with E-state index in [1.807, 2.05) is 0 Å². The summed E-state index contributed by atoms with van der Waals surface area (Å²) in [5, 5.41) is 11.1. The molecule has 8 aromatic carbocycles. The second-order valence-electron chi connectivity index (χ2n) is 11.2. The van der Waals surface area contributed by atoms with Crippen molar-refractivity contribution >= 4 is 51.5 Å². The van der Waals surface area contributed by atoms with Gasteiger partial charge in [0.1, 0.15) is 0 Å². The molecule has 0 atom stereocenters. The maximum Gasteiger partial charge on any atom is -1.00 e. The molecule has 0 heterocycles. The van der Waals surface area contributed by atoms with E-state index < -0.39 is 0 Å². The first-order valence-corrected chi connectivity index (χ1v) is 20.4. The first-order valence-electron chi connectivity index (χ1n) is 16.9. The van der Waals surface area contributed by atoms with Crippen molar-refractivity contribution in [1.82, 2.24) is 0 Å². The summed E-state index contributed by atoms with van der Waals surface area (Å²) in [6.45, 7) is 8.78. The van der Waals surface area contributed by atoms with Gasteiger partial charge in [-0.1, -0.05) is 77.6 Å². The van der Waals surface area contributed by atoms with Gasteiger partial charge in [0.25, 0.3) is 0 Å². The fourth-order valence-electron chi connectivity index (χ4n) is 6.09. The van der Waals surface area contributed by atoms with E-state index in [2.05, 4.69) is 182 Å². The van der Waals surface area contributed by atoms with Gasteiger partial charge in [-0.2, -0.15) is 22.3 Å². The maximum atomic E-state index is 3.34. The van der Waals surface area contributed by atoms with E-state index in [0.717, 1.165) is 25.7 Å². The van der Waals surface area contributed by atoms with Gasteiger partial charge in [0.2, 0.25) is 0 Å². The van der Waals surface area contributed by atoms with Crippen molar-refractivity contribution in [2.75, 3.05) is 0 Å². The summed E-state index contributed by atoms with van der Waals surface area (Å²) in [7, 11) is 0. The maximum absolute atomic E-state index is 3.34. The van der Waals surface area contributed by atoms with Crippen molar-refractivity contribution in [3.05, 3.63) is 168 Å². The molecule has 256 valence electrons. The molecule has 0 bridgehead atoms. The number of hydrogen-bond acceptors (Lipinski definition) is 0. The smallest absolute Gasteiger partial charge is 1.00 e. The minimum Gasteiger partial charge on any atom is -1.00 e. The van der Waals surface area contributed by atoms with Crippen LogP contribution in [0, 0.1) is 0 Å². The molecule has 0 aliphatic rings. The third-order valence-corrected chi connectivity index (χ3v) is 8.61. The zero-order valence-electron chi connectivity index (χ0n) is 29.9. The Labute approximate surface area is 342 Å². The van der Waals surface area contributed by atoms with Crippen molar-refractivity contribution in [3.8, 4) is 0 Å². The van der Waals surface area contributed by atoms with Gasteiger partial charge in [-0.25, -0.2) is 0 Å². The molecule has 0 N–H and O–H groups in total. The molecule has 0 aliphatic carbocycles. The molecular formula is C46H48Cl2Zr2-2. The molecule has 4 heteroatoms. The van der Waals surface area contributed by atoms with Gasteiger partial charge in [-0.15, -0.1) is 164 Å². The Balaban J connectivity index is 0.000000318. The van der Waals surface area contributed by atoms with E-state index in [1.54, 1.807) is 0 Å². The molecule has 0 unspecified atom stereocenters. The van der Waals surface area contributed by atoms with Crippen LogP contribution in [-0.2, 0) is 74.2 Å². The molecule has 0 saturated carbocycles. The van der Waals surface area contributed by atoms with Crippen molar-refractivity contribution in [2.24, 2.45) is 0 Å². The average molecular weight is 854 g/mol. The third-order valence-electron chi connectivity index (χ3n) is 8.61. The van der Waals surface area contributed by atoms with Crippen molar-refractivity contribution < 1.29 is 73.3 Å². The zero-order chi connectivity index (χ0) is 34.7. The topological polar surface area (TPSA) is 0 Å². The fraction of sp³-hybridized carbons (Fsp3) is 0.174. The Bertz CT molecular complexity index is 1770. The fourth-order valence-corrected chi connectivity index (χ4v) is 6.09. The van der Waals surface area contributed by atoms with Crippen LogP contribution in [0.25, 0.3) is 43.1 Å². The third kappa shape index (κ3) is 12.3. The molecule has 8 aromatic rings. The Morgan fingerprint density at radius 2 is 0.540 bits per heavy atom. The summed E-state index contributed by atoms with van der Waals surface area (Å²) >= 11 is 2.60. The zero-order valence-corrected chi connectivity index (χ0v) is 36.3.